The molecule has 0 bridgehead atoms. The van der Waals surface area contributed by atoms with Gasteiger partial charge in [0, 0.05) is 37.4 Å². The number of carbonyl (C=O) groups excluding carboxylic acids is 1. The van der Waals surface area contributed by atoms with Crippen molar-refractivity contribution in [2.75, 3.05) is 36.0 Å². The van der Waals surface area contributed by atoms with Crippen molar-refractivity contribution < 1.29 is 22.7 Å². The molecule has 1 aliphatic carbocycles. The van der Waals surface area contributed by atoms with Crippen molar-refractivity contribution in [1.82, 2.24) is 15.2 Å². The van der Waals surface area contributed by atoms with E-state index in [0.717, 1.165) is 67.4 Å². The van der Waals surface area contributed by atoms with Crippen LogP contribution in [-0.4, -0.2) is 64.8 Å². The minimum absolute atomic E-state index is 0.0415. The number of pyridine rings is 1. The molecule has 1 saturated carbocycles. The number of alkyl halides is 3. The van der Waals surface area contributed by atoms with Gasteiger partial charge in [0.1, 0.15) is 24.0 Å². The second-order valence-electron chi connectivity index (χ2n) is 11.9. The maximum Gasteiger partial charge on any atom is 0.419 e. The van der Waals surface area contributed by atoms with E-state index in [1.807, 2.05) is 18.2 Å². The van der Waals surface area contributed by atoms with Gasteiger partial charge < -0.3 is 15.0 Å². The molecule has 2 aliphatic heterocycles. The van der Waals surface area contributed by atoms with Crippen LogP contribution in [0.5, 0.6) is 5.75 Å². The van der Waals surface area contributed by atoms with Gasteiger partial charge in [0.2, 0.25) is 0 Å². The van der Waals surface area contributed by atoms with Crippen LogP contribution < -0.4 is 19.9 Å². The molecule has 1 N–H and O–H groups in total. The normalized spacial score (nSPS) is 23.2. The third-order valence-corrected chi connectivity index (χ3v) is 8.67. The highest BCUT2D eigenvalue weighted by Crippen LogP contribution is 2.45. The first-order chi connectivity index (χ1) is 19.8. The molecular formula is C30H35F3N6O2S. The lowest BCUT2D eigenvalue weighted by molar-refractivity contribution is -0.138. The largest absolute Gasteiger partial charge is 0.492 e. The molecule has 5 rings (SSSR count). The molecule has 0 unspecified atom stereocenters. The van der Waals surface area contributed by atoms with E-state index in [4.69, 9.17) is 22.2 Å². The van der Waals surface area contributed by atoms with Crippen molar-refractivity contribution in [2.24, 2.45) is 0 Å². The van der Waals surface area contributed by atoms with Gasteiger partial charge in [-0.05, 0) is 88.5 Å². The number of nitrogens with one attached hydrogen (secondary N) is 1. The lowest BCUT2D eigenvalue weighted by Gasteiger charge is -2.36. The molecule has 0 spiro atoms. The summed E-state index contributed by atoms with van der Waals surface area (Å²) in [6.07, 6.45) is -0.555. The van der Waals surface area contributed by atoms with Crippen LogP contribution in [0.2, 0.25) is 0 Å². The molecular weight excluding hydrogens is 565 g/mol. The standard InChI is InChI=1S/C30H35F3N6O2S/c1-18-16-37(17-19(2)36-18)10-11-41-26-9-8-21(12-23(26)20-6-5-7-20)39-28(42)38(27(40)29(39,3)4)22-13-24(30(31,32)33)25(14-34)35-15-22/h8-9,12-13,15,18-20,36H,5-7,10-11,16-17H2,1-4H3/t18-,19+. The fraction of sp³-hybridized carbons (Fsp3) is 0.533. The number of anilines is 2. The van der Waals surface area contributed by atoms with Crippen molar-refractivity contribution in [3.05, 3.63) is 47.3 Å². The van der Waals surface area contributed by atoms with E-state index >= 15 is 0 Å². The summed E-state index contributed by atoms with van der Waals surface area (Å²) >= 11 is 5.71. The van der Waals surface area contributed by atoms with Gasteiger partial charge in [-0.15, -0.1) is 0 Å². The topological polar surface area (TPSA) is 84.7 Å². The average Bonchev–Trinajstić information content (AvgIpc) is 3.05. The molecule has 1 aromatic carbocycles. The highest BCUT2D eigenvalue weighted by molar-refractivity contribution is 7.81. The number of benzene rings is 1. The number of nitrogens with zero attached hydrogens (tertiary/aromatic N) is 5. The number of amides is 1. The number of nitriles is 1. The molecule has 12 heteroatoms. The summed E-state index contributed by atoms with van der Waals surface area (Å²) in [5, 5.41) is 12.7. The van der Waals surface area contributed by atoms with Crippen molar-refractivity contribution >= 4 is 34.6 Å². The number of hydrogen-bond acceptors (Lipinski definition) is 7. The monoisotopic (exact) mass is 600 g/mol. The summed E-state index contributed by atoms with van der Waals surface area (Å²) in [6.45, 7) is 11.0. The van der Waals surface area contributed by atoms with Crippen molar-refractivity contribution in [3.8, 4) is 11.8 Å². The van der Waals surface area contributed by atoms with E-state index in [-0.39, 0.29) is 10.8 Å². The Morgan fingerprint density at radius 3 is 2.45 bits per heavy atom. The smallest absolute Gasteiger partial charge is 0.419 e. The second kappa shape index (κ2) is 11.4. The third-order valence-electron chi connectivity index (χ3n) is 8.31. The maximum atomic E-state index is 13.7. The van der Waals surface area contributed by atoms with E-state index in [1.165, 1.54) is 6.07 Å². The lowest BCUT2D eigenvalue weighted by atomic mass is 9.79. The van der Waals surface area contributed by atoms with Crippen LogP contribution >= 0.6 is 12.2 Å². The fourth-order valence-corrected chi connectivity index (χ4v) is 6.61. The van der Waals surface area contributed by atoms with Gasteiger partial charge in [-0.25, -0.2) is 4.98 Å². The summed E-state index contributed by atoms with van der Waals surface area (Å²) in [4.78, 5) is 22.4. The molecule has 224 valence electrons. The molecule has 0 radical (unpaired) electrons. The number of carbonyl (C=O) groups is 1. The number of aromatic nitrogens is 1. The molecule has 3 heterocycles. The van der Waals surface area contributed by atoms with Crippen LogP contribution in [0.3, 0.4) is 0 Å². The Labute approximate surface area is 249 Å². The lowest BCUT2D eigenvalue weighted by Crippen LogP contribution is -2.54. The predicted molar refractivity (Wildman–Crippen MR) is 158 cm³/mol. The number of piperazine rings is 1. The summed E-state index contributed by atoms with van der Waals surface area (Å²) in [7, 11) is 0. The predicted octanol–water partition coefficient (Wildman–Crippen LogP) is 5.22. The molecule has 2 saturated heterocycles. The quantitative estimate of drug-likeness (QED) is 0.434. The molecule has 2 aromatic rings. The van der Waals surface area contributed by atoms with E-state index in [9.17, 15) is 18.0 Å². The maximum absolute atomic E-state index is 13.7. The van der Waals surface area contributed by atoms with Gasteiger partial charge in [-0.1, -0.05) is 6.42 Å². The van der Waals surface area contributed by atoms with E-state index in [2.05, 4.69) is 29.0 Å². The van der Waals surface area contributed by atoms with Crippen LogP contribution in [0.4, 0.5) is 24.5 Å². The summed E-state index contributed by atoms with van der Waals surface area (Å²) in [5.74, 6) is 0.636. The first-order valence-electron chi connectivity index (χ1n) is 14.2. The molecule has 1 amide bonds. The zero-order chi connectivity index (χ0) is 30.4. The Morgan fingerprint density at radius 2 is 1.86 bits per heavy atom. The van der Waals surface area contributed by atoms with Crippen LogP contribution in [0.25, 0.3) is 0 Å². The van der Waals surface area contributed by atoms with Crippen molar-refractivity contribution in [1.29, 1.82) is 5.26 Å². The third kappa shape index (κ3) is 5.70. The first-order valence-corrected chi connectivity index (χ1v) is 14.6. The first kappa shape index (κ1) is 30.2. The van der Waals surface area contributed by atoms with Crippen molar-refractivity contribution in [2.45, 2.75) is 76.7 Å². The minimum Gasteiger partial charge on any atom is -0.492 e. The van der Waals surface area contributed by atoms with Gasteiger partial charge in [0.05, 0.1) is 17.4 Å². The molecule has 3 fully saturated rings. The van der Waals surface area contributed by atoms with Crippen LogP contribution in [0.1, 0.15) is 69.7 Å². The number of hydrogen-bond donors (Lipinski definition) is 1. The van der Waals surface area contributed by atoms with Crippen molar-refractivity contribution in [3.63, 3.8) is 0 Å². The molecule has 3 aliphatic rings. The summed E-state index contributed by atoms with van der Waals surface area (Å²) in [6, 6.07) is 8.82. The Kier molecular flexibility index (Phi) is 8.22. The SMILES string of the molecule is C[C@@H]1CN(CCOc2ccc(N3C(=S)N(c4cnc(C#N)c(C(F)(F)F)c4)C(=O)C3(C)C)cc2C2CCC2)C[C@H](C)N1. The highest BCUT2D eigenvalue weighted by Gasteiger charge is 2.51. The number of thiocarbonyl (C=S) groups is 1. The second-order valence-corrected chi connectivity index (χ2v) is 12.3. The molecule has 42 heavy (non-hydrogen) atoms. The number of halogens is 3. The van der Waals surface area contributed by atoms with Gasteiger partial charge in [0.15, 0.2) is 10.8 Å². The van der Waals surface area contributed by atoms with E-state index in [1.54, 1.807) is 18.7 Å². The van der Waals surface area contributed by atoms with Gasteiger partial charge >= 0.3 is 6.18 Å². The summed E-state index contributed by atoms with van der Waals surface area (Å²) in [5.41, 5.74) is -1.59. The molecule has 2 atom stereocenters. The van der Waals surface area contributed by atoms with Crippen LogP contribution in [0, 0.1) is 11.3 Å². The Morgan fingerprint density at radius 1 is 1.17 bits per heavy atom. The van der Waals surface area contributed by atoms with Gasteiger partial charge in [0.25, 0.3) is 5.91 Å². The molecule has 8 nitrogen and oxygen atoms in total. The Balaban J connectivity index is 1.41. The summed E-state index contributed by atoms with van der Waals surface area (Å²) < 4.78 is 47.3. The number of rotatable bonds is 7. The fourth-order valence-electron chi connectivity index (χ4n) is 6.09. The zero-order valence-electron chi connectivity index (χ0n) is 24.2. The zero-order valence-corrected chi connectivity index (χ0v) is 25.0. The van der Waals surface area contributed by atoms with Gasteiger partial charge in [-0.3, -0.25) is 14.6 Å². The van der Waals surface area contributed by atoms with Crippen LogP contribution in [0.15, 0.2) is 30.5 Å². The minimum atomic E-state index is -4.82. The Hall–Kier alpha value is -3.27. The van der Waals surface area contributed by atoms with E-state index in [0.29, 0.717) is 30.3 Å². The highest BCUT2D eigenvalue weighted by atomic mass is 32.1. The van der Waals surface area contributed by atoms with Crippen LogP contribution in [-0.2, 0) is 11.0 Å². The molecule has 1 aromatic heterocycles. The van der Waals surface area contributed by atoms with Gasteiger partial charge in [-0.2, -0.15) is 18.4 Å². The van der Waals surface area contributed by atoms with E-state index < -0.39 is 28.9 Å². The Bertz CT molecular complexity index is 1410. The average molecular weight is 601 g/mol. The number of ether oxygens (including phenoxy) is 1.